The van der Waals surface area contributed by atoms with Gasteiger partial charge in [0.15, 0.2) is 5.79 Å². The second-order valence-corrected chi connectivity index (χ2v) is 4.45. The van der Waals surface area contributed by atoms with Crippen LogP contribution in [-0.4, -0.2) is 24.1 Å². The van der Waals surface area contributed by atoms with Crippen molar-refractivity contribution in [3.05, 3.63) is 24.4 Å². The molecule has 0 saturated carbocycles. The van der Waals surface area contributed by atoms with Crippen LogP contribution in [0.5, 0.6) is 0 Å². The van der Waals surface area contributed by atoms with Crippen LogP contribution in [0, 0.1) is 0 Å². The van der Waals surface area contributed by atoms with Gasteiger partial charge in [0.25, 0.3) is 0 Å². The molecule has 0 spiro atoms. The highest BCUT2D eigenvalue weighted by molar-refractivity contribution is 4.95. The van der Waals surface area contributed by atoms with Gasteiger partial charge in [0.1, 0.15) is 0 Å². The highest BCUT2D eigenvalue weighted by Crippen LogP contribution is 2.29. The predicted octanol–water partition coefficient (Wildman–Crippen LogP) is 2.27. The average molecular weight is 241 g/mol. The zero-order valence-corrected chi connectivity index (χ0v) is 10.7. The molecule has 0 radical (unpaired) electrons. The average Bonchev–Trinajstić information content (AvgIpc) is 2.30. The highest BCUT2D eigenvalue weighted by atomic mass is 16.6. The lowest BCUT2D eigenvalue weighted by Crippen LogP contribution is -2.38. The van der Waals surface area contributed by atoms with Gasteiger partial charge in [-0.25, -0.2) is 0 Å². The lowest BCUT2D eigenvalue weighted by Gasteiger charge is -2.35. The van der Waals surface area contributed by atoms with E-state index in [-0.39, 0.29) is 6.10 Å². The van der Waals surface area contributed by atoms with Crippen molar-refractivity contribution in [2.75, 3.05) is 7.11 Å². The fraction of sp³-hybridized carbons (Fsp3) is 0.692. The van der Waals surface area contributed by atoms with Gasteiger partial charge in [0, 0.05) is 12.1 Å². The van der Waals surface area contributed by atoms with Gasteiger partial charge in [-0.05, 0) is 38.7 Å². The Morgan fingerprint density at radius 2 is 2.47 bits per heavy atom. The molecule has 4 heteroatoms. The minimum absolute atomic E-state index is 0.110. The summed E-state index contributed by atoms with van der Waals surface area (Å²) in [6.07, 6.45) is 8.10. The fourth-order valence-corrected chi connectivity index (χ4v) is 2.03. The summed E-state index contributed by atoms with van der Waals surface area (Å²) in [5, 5.41) is 9.96. The van der Waals surface area contributed by atoms with Crippen molar-refractivity contribution in [2.24, 2.45) is 0 Å². The molecular formula is C13H23NO3. The first-order valence-corrected chi connectivity index (χ1v) is 6.09. The monoisotopic (exact) mass is 241 g/mol. The second kappa shape index (κ2) is 6.79. The molecule has 1 fully saturated rings. The molecule has 0 aromatic heterocycles. The minimum atomic E-state index is -1.12. The van der Waals surface area contributed by atoms with E-state index in [1.165, 1.54) is 6.08 Å². The molecule has 1 aliphatic rings. The standard InChI is InChI=1S/C13H23NO3/c1-4-13(15)10-6-9-12(17-13)8-5-7-11(2)14-16-3/h4,7,12,14-15H,1,5-6,8-10H2,2-3H3/t12-,13?/m0/s1. The van der Waals surface area contributed by atoms with Gasteiger partial charge in [-0.1, -0.05) is 12.7 Å². The Bertz CT molecular complexity index is 278. The van der Waals surface area contributed by atoms with Crippen molar-refractivity contribution in [1.29, 1.82) is 0 Å². The summed E-state index contributed by atoms with van der Waals surface area (Å²) in [5.41, 5.74) is 3.75. The fourth-order valence-electron chi connectivity index (χ4n) is 2.03. The summed E-state index contributed by atoms with van der Waals surface area (Å²) in [6.45, 7) is 5.56. The molecule has 98 valence electrons. The molecule has 0 bridgehead atoms. The molecular weight excluding hydrogens is 218 g/mol. The number of rotatable bonds is 6. The number of hydrogen-bond acceptors (Lipinski definition) is 4. The normalized spacial score (nSPS) is 30.1. The molecule has 2 atom stereocenters. The van der Waals surface area contributed by atoms with Gasteiger partial charge in [0.05, 0.1) is 13.2 Å². The molecule has 17 heavy (non-hydrogen) atoms. The molecule has 1 saturated heterocycles. The zero-order chi connectivity index (χ0) is 12.7. The Morgan fingerprint density at radius 3 is 3.12 bits per heavy atom. The molecule has 1 unspecified atom stereocenters. The summed E-state index contributed by atoms with van der Waals surface area (Å²) < 4.78 is 5.62. The molecule has 1 rings (SSSR count). The number of ether oxygens (including phenoxy) is 1. The van der Waals surface area contributed by atoms with Crippen LogP contribution >= 0.6 is 0 Å². The van der Waals surface area contributed by atoms with Gasteiger partial charge < -0.3 is 9.84 Å². The summed E-state index contributed by atoms with van der Waals surface area (Å²) in [6, 6.07) is 0. The highest BCUT2D eigenvalue weighted by Gasteiger charge is 2.31. The molecule has 4 nitrogen and oxygen atoms in total. The zero-order valence-electron chi connectivity index (χ0n) is 10.7. The maximum atomic E-state index is 9.96. The summed E-state index contributed by atoms with van der Waals surface area (Å²) >= 11 is 0. The van der Waals surface area contributed by atoms with Crippen LogP contribution in [-0.2, 0) is 9.57 Å². The molecule has 0 aromatic carbocycles. The molecule has 1 aliphatic heterocycles. The van der Waals surface area contributed by atoms with Gasteiger partial charge in [0.2, 0.25) is 0 Å². The van der Waals surface area contributed by atoms with Crippen LogP contribution in [0.25, 0.3) is 0 Å². The maximum Gasteiger partial charge on any atom is 0.185 e. The Morgan fingerprint density at radius 1 is 1.71 bits per heavy atom. The number of aliphatic hydroxyl groups is 1. The molecule has 1 heterocycles. The molecule has 0 aromatic rings. The van der Waals surface area contributed by atoms with Crippen LogP contribution < -0.4 is 5.48 Å². The molecule has 0 amide bonds. The van der Waals surface area contributed by atoms with E-state index in [1.54, 1.807) is 7.11 Å². The minimum Gasteiger partial charge on any atom is -0.362 e. The van der Waals surface area contributed by atoms with Gasteiger partial charge in [-0.2, -0.15) is 0 Å². The number of hydroxylamine groups is 1. The van der Waals surface area contributed by atoms with Crippen molar-refractivity contribution >= 4 is 0 Å². The van der Waals surface area contributed by atoms with Crippen LogP contribution in [0.4, 0.5) is 0 Å². The third-order valence-electron chi connectivity index (χ3n) is 2.95. The quantitative estimate of drug-likeness (QED) is 0.553. The second-order valence-electron chi connectivity index (χ2n) is 4.45. The van der Waals surface area contributed by atoms with E-state index in [1.807, 2.05) is 6.92 Å². The van der Waals surface area contributed by atoms with E-state index >= 15 is 0 Å². The first-order chi connectivity index (χ1) is 8.09. The van der Waals surface area contributed by atoms with Gasteiger partial charge in [-0.3, -0.25) is 10.3 Å². The Kier molecular flexibility index (Phi) is 5.68. The van der Waals surface area contributed by atoms with Crippen molar-refractivity contribution < 1.29 is 14.7 Å². The third kappa shape index (κ3) is 4.89. The van der Waals surface area contributed by atoms with Crippen molar-refractivity contribution in [1.82, 2.24) is 5.48 Å². The SMILES string of the molecule is C=CC1(O)CCC[C@H](CCC=C(C)NOC)O1. The summed E-state index contributed by atoms with van der Waals surface area (Å²) in [5.74, 6) is -1.12. The molecule has 0 aliphatic carbocycles. The predicted molar refractivity (Wildman–Crippen MR) is 67.0 cm³/mol. The first-order valence-electron chi connectivity index (χ1n) is 6.09. The van der Waals surface area contributed by atoms with E-state index in [9.17, 15) is 5.11 Å². The largest absolute Gasteiger partial charge is 0.362 e. The number of hydrogen-bond donors (Lipinski definition) is 2. The summed E-state index contributed by atoms with van der Waals surface area (Å²) in [4.78, 5) is 4.79. The van der Waals surface area contributed by atoms with E-state index in [2.05, 4.69) is 18.1 Å². The van der Waals surface area contributed by atoms with Gasteiger partial charge in [-0.15, -0.1) is 0 Å². The smallest absolute Gasteiger partial charge is 0.185 e. The maximum absolute atomic E-state index is 9.96. The lowest BCUT2D eigenvalue weighted by molar-refractivity contribution is -0.222. The van der Waals surface area contributed by atoms with Crippen LogP contribution in [0.1, 0.15) is 39.0 Å². The third-order valence-corrected chi connectivity index (χ3v) is 2.95. The topological polar surface area (TPSA) is 50.7 Å². The van der Waals surface area contributed by atoms with Crippen molar-refractivity contribution in [3.8, 4) is 0 Å². The molecule has 2 N–H and O–H groups in total. The Labute approximate surface area is 103 Å². The van der Waals surface area contributed by atoms with Crippen LogP contribution in [0.2, 0.25) is 0 Å². The van der Waals surface area contributed by atoms with E-state index in [4.69, 9.17) is 9.57 Å². The van der Waals surface area contributed by atoms with Gasteiger partial charge >= 0.3 is 0 Å². The van der Waals surface area contributed by atoms with Crippen LogP contribution in [0.3, 0.4) is 0 Å². The van der Waals surface area contributed by atoms with Crippen molar-refractivity contribution in [2.45, 2.75) is 50.9 Å². The van der Waals surface area contributed by atoms with E-state index in [0.29, 0.717) is 6.42 Å². The first kappa shape index (κ1) is 14.2. The lowest BCUT2D eigenvalue weighted by atomic mass is 9.98. The summed E-state index contributed by atoms with van der Waals surface area (Å²) in [7, 11) is 1.59. The van der Waals surface area contributed by atoms with E-state index in [0.717, 1.165) is 31.4 Å². The Balaban J connectivity index is 2.32. The number of allylic oxidation sites excluding steroid dienone is 2. The number of nitrogens with one attached hydrogen (secondary N) is 1. The van der Waals surface area contributed by atoms with E-state index < -0.39 is 5.79 Å². The van der Waals surface area contributed by atoms with Crippen molar-refractivity contribution in [3.63, 3.8) is 0 Å². The Hall–Kier alpha value is -0.840. The van der Waals surface area contributed by atoms with Crippen LogP contribution in [0.15, 0.2) is 24.4 Å².